The smallest absolute Gasteiger partial charge is 0.427 e. The maximum Gasteiger partial charge on any atom is 0.455 e. The van der Waals surface area contributed by atoms with Crippen LogP contribution in [0.5, 0.6) is 0 Å². The molecule has 0 amide bonds. The Labute approximate surface area is 76.1 Å². The molecule has 0 aromatic carbocycles. The molecule has 1 unspecified atom stereocenters. The van der Waals surface area contributed by atoms with Gasteiger partial charge in [0.2, 0.25) is 5.92 Å². The minimum atomic E-state index is -2.52. The molecule has 74 valence electrons. The summed E-state index contributed by atoms with van der Waals surface area (Å²) in [5.74, 6) is -2.66. The zero-order valence-electron chi connectivity index (χ0n) is 7.34. The van der Waals surface area contributed by atoms with Crippen molar-refractivity contribution >= 4 is 7.12 Å². The van der Waals surface area contributed by atoms with E-state index in [0.717, 1.165) is 0 Å². The summed E-state index contributed by atoms with van der Waals surface area (Å²) in [5, 5.41) is 17.8. The quantitative estimate of drug-likeness (QED) is 0.614. The second-order valence-electron chi connectivity index (χ2n) is 4.44. The van der Waals surface area contributed by atoms with E-state index in [1.807, 2.05) is 0 Å². The summed E-state index contributed by atoms with van der Waals surface area (Å²) >= 11 is 0. The summed E-state index contributed by atoms with van der Waals surface area (Å²) in [6.07, 6.45) is 1.43. The molecule has 2 aliphatic rings. The third-order valence-corrected chi connectivity index (χ3v) is 3.59. The first-order valence-corrected chi connectivity index (χ1v) is 4.69. The van der Waals surface area contributed by atoms with Crippen molar-refractivity contribution in [1.29, 1.82) is 0 Å². The van der Waals surface area contributed by atoms with Crippen LogP contribution in [0.4, 0.5) is 8.78 Å². The highest BCUT2D eigenvalue weighted by Crippen LogP contribution is 2.67. The first kappa shape index (κ1) is 9.40. The summed E-state index contributed by atoms with van der Waals surface area (Å²) in [7, 11) is -1.31. The molecule has 0 aromatic heterocycles. The van der Waals surface area contributed by atoms with Crippen molar-refractivity contribution in [2.75, 3.05) is 0 Å². The van der Waals surface area contributed by atoms with Gasteiger partial charge in [0.25, 0.3) is 0 Å². The molecule has 2 aliphatic carbocycles. The maximum atomic E-state index is 12.8. The van der Waals surface area contributed by atoms with Crippen molar-refractivity contribution in [2.24, 2.45) is 5.41 Å². The predicted octanol–water partition coefficient (Wildman–Crippen LogP) is 1.43. The predicted molar refractivity (Wildman–Crippen MR) is 44.4 cm³/mol. The lowest BCUT2D eigenvalue weighted by atomic mass is 9.72. The van der Waals surface area contributed by atoms with E-state index in [0.29, 0.717) is 19.3 Å². The highest BCUT2D eigenvalue weighted by Gasteiger charge is 2.61. The third-order valence-electron chi connectivity index (χ3n) is 3.59. The molecule has 13 heavy (non-hydrogen) atoms. The molecule has 0 saturated heterocycles. The zero-order chi connectivity index (χ0) is 9.69. The lowest BCUT2D eigenvalue weighted by molar-refractivity contribution is -0.0499. The van der Waals surface area contributed by atoms with E-state index in [1.165, 1.54) is 0 Å². The van der Waals surface area contributed by atoms with E-state index in [1.54, 1.807) is 0 Å². The van der Waals surface area contributed by atoms with Gasteiger partial charge < -0.3 is 10.0 Å². The fourth-order valence-corrected chi connectivity index (χ4v) is 2.49. The SMILES string of the molecule is OB(O)C1CC12CCC(F)(F)CC2. The zero-order valence-corrected chi connectivity index (χ0v) is 7.34. The topological polar surface area (TPSA) is 40.5 Å². The van der Waals surface area contributed by atoms with Crippen LogP contribution < -0.4 is 0 Å². The summed E-state index contributed by atoms with van der Waals surface area (Å²) in [5.41, 5.74) is -0.157. The van der Waals surface area contributed by atoms with E-state index < -0.39 is 13.0 Å². The van der Waals surface area contributed by atoms with Crippen molar-refractivity contribution in [2.45, 2.75) is 43.8 Å². The van der Waals surface area contributed by atoms with Gasteiger partial charge in [0.05, 0.1) is 0 Å². The molecule has 2 saturated carbocycles. The molecule has 5 heteroatoms. The Balaban J connectivity index is 1.93. The van der Waals surface area contributed by atoms with Crippen LogP contribution in [0, 0.1) is 5.41 Å². The van der Waals surface area contributed by atoms with Gasteiger partial charge in [-0.2, -0.15) is 0 Å². The molecule has 0 aromatic rings. The largest absolute Gasteiger partial charge is 0.455 e. The minimum absolute atomic E-state index is 0.0871. The first-order chi connectivity index (χ1) is 5.95. The minimum Gasteiger partial charge on any atom is -0.427 e. The molecule has 0 aliphatic heterocycles. The van der Waals surface area contributed by atoms with Gasteiger partial charge in [0, 0.05) is 12.8 Å². The van der Waals surface area contributed by atoms with Gasteiger partial charge in [-0.05, 0) is 30.5 Å². The van der Waals surface area contributed by atoms with Crippen molar-refractivity contribution in [1.82, 2.24) is 0 Å². The van der Waals surface area contributed by atoms with E-state index in [9.17, 15) is 8.78 Å². The second-order valence-corrected chi connectivity index (χ2v) is 4.44. The van der Waals surface area contributed by atoms with Gasteiger partial charge in [0.1, 0.15) is 0 Å². The Hall–Kier alpha value is -0.155. The Morgan fingerprint density at radius 1 is 1.08 bits per heavy atom. The molecule has 2 rings (SSSR count). The fraction of sp³-hybridized carbons (Fsp3) is 1.00. The molecule has 0 bridgehead atoms. The Kier molecular flexibility index (Phi) is 1.93. The first-order valence-electron chi connectivity index (χ1n) is 4.69. The van der Waals surface area contributed by atoms with Crippen LogP contribution in [0.25, 0.3) is 0 Å². The number of rotatable bonds is 1. The third kappa shape index (κ3) is 1.59. The van der Waals surface area contributed by atoms with Crippen molar-refractivity contribution in [3.05, 3.63) is 0 Å². The number of halogens is 2. The van der Waals surface area contributed by atoms with Crippen LogP contribution in [-0.2, 0) is 0 Å². The average Bonchev–Trinajstić information content (AvgIpc) is 2.72. The summed E-state index contributed by atoms with van der Waals surface area (Å²) < 4.78 is 25.6. The molecular formula is C8H13BF2O2. The number of hydrogen-bond donors (Lipinski definition) is 2. The van der Waals surface area contributed by atoms with E-state index in [4.69, 9.17) is 10.0 Å². The summed E-state index contributed by atoms with van der Waals surface area (Å²) in [4.78, 5) is 0. The molecule has 0 radical (unpaired) electrons. The highest BCUT2D eigenvalue weighted by molar-refractivity contribution is 6.44. The summed E-state index contributed by atoms with van der Waals surface area (Å²) in [6.45, 7) is 0. The van der Waals surface area contributed by atoms with Crippen LogP contribution in [-0.4, -0.2) is 23.1 Å². The molecule has 2 N–H and O–H groups in total. The van der Waals surface area contributed by atoms with Gasteiger partial charge in [0.15, 0.2) is 0 Å². The molecule has 0 heterocycles. The number of hydrogen-bond acceptors (Lipinski definition) is 2. The molecule has 2 nitrogen and oxygen atoms in total. The van der Waals surface area contributed by atoms with Crippen molar-refractivity contribution < 1.29 is 18.8 Å². The second kappa shape index (κ2) is 2.67. The van der Waals surface area contributed by atoms with Gasteiger partial charge >= 0.3 is 7.12 Å². The molecule has 1 spiro atoms. The van der Waals surface area contributed by atoms with E-state index in [2.05, 4.69) is 0 Å². The molecular weight excluding hydrogens is 177 g/mol. The highest BCUT2D eigenvalue weighted by atomic mass is 19.3. The lowest BCUT2D eigenvalue weighted by Gasteiger charge is -2.29. The normalized spacial score (nSPS) is 34.6. The standard InChI is InChI=1S/C8H13BF2O2/c10-8(11)3-1-7(2-4-8)5-6(7)9(12)13/h6,12-13H,1-5H2. The lowest BCUT2D eigenvalue weighted by Crippen LogP contribution is -2.28. The van der Waals surface area contributed by atoms with Crippen molar-refractivity contribution in [3.63, 3.8) is 0 Å². The maximum absolute atomic E-state index is 12.8. The fourth-order valence-electron chi connectivity index (χ4n) is 2.49. The molecule has 2 fully saturated rings. The van der Waals surface area contributed by atoms with Gasteiger partial charge in [-0.1, -0.05) is 0 Å². The van der Waals surface area contributed by atoms with Gasteiger partial charge in [-0.15, -0.1) is 0 Å². The van der Waals surface area contributed by atoms with Gasteiger partial charge in [-0.3, -0.25) is 0 Å². The number of alkyl halides is 2. The Morgan fingerprint density at radius 3 is 2.00 bits per heavy atom. The Morgan fingerprint density at radius 2 is 1.62 bits per heavy atom. The Bertz CT molecular complexity index is 210. The monoisotopic (exact) mass is 190 g/mol. The van der Waals surface area contributed by atoms with Crippen LogP contribution >= 0.6 is 0 Å². The van der Waals surface area contributed by atoms with Crippen LogP contribution in [0.1, 0.15) is 32.1 Å². The van der Waals surface area contributed by atoms with Gasteiger partial charge in [-0.25, -0.2) is 8.78 Å². The van der Waals surface area contributed by atoms with Crippen LogP contribution in [0.15, 0.2) is 0 Å². The van der Waals surface area contributed by atoms with Crippen molar-refractivity contribution in [3.8, 4) is 0 Å². The van der Waals surface area contributed by atoms with E-state index in [-0.39, 0.29) is 24.1 Å². The molecule has 1 atom stereocenters. The summed E-state index contributed by atoms with van der Waals surface area (Å²) in [6, 6.07) is 0. The average molecular weight is 190 g/mol. The van der Waals surface area contributed by atoms with Crippen LogP contribution in [0.2, 0.25) is 5.82 Å². The van der Waals surface area contributed by atoms with E-state index >= 15 is 0 Å². The van der Waals surface area contributed by atoms with Crippen LogP contribution in [0.3, 0.4) is 0 Å².